The van der Waals surface area contributed by atoms with Crippen LogP contribution in [0, 0.1) is 0 Å². The molecule has 1 unspecified atom stereocenters. The molecule has 5 heteroatoms. The lowest BCUT2D eigenvalue weighted by Gasteiger charge is -2.20. The van der Waals surface area contributed by atoms with Gasteiger partial charge in [0.15, 0.2) is 0 Å². The third-order valence-corrected chi connectivity index (χ3v) is 4.81. The maximum absolute atomic E-state index is 12.4. The third-order valence-electron chi connectivity index (χ3n) is 4.09. The largest absolute Gasteiger partial charge is 0.348 e. The number of hydrogen-bond acceptors (Lipinski definition) is 2. The summed E-state index contributed by atoms with van der Waals surface area (Å²) in [5.74, 6) is -0.403. The van der Waals surface area contributed by atoms with Gasteiger partial charge in [-0.2, -0.15) is 0 Å². The summed E-state index contributed by atoms with van der Waals surface area (Å²) in [6, 6.07) is 14.8. The first-order chi connectivity index (χ1) is 11.5. The molecular formula is C19H17BrN2O2. The van der Waals surface area contributed by atoms with Gasteiger partial charge < -0.3 is 5.32 Å². The van der Waals surface area contributed by atoms with Gasteiger partial charge in [0.1, 0.15) is 6.54 Å². The lowest BCUT2D eigenvalue weighted by Crippen LogP contribution is -2.38. The lowest BCUT2D eigenvalue weighted by atomic mass is 10.1. The van der Waals surface area contributed by atoms with E-state index in [2.05, 4.69) is 27.8 Å². The molecule has 1 heterocycles. The molecule has 1 atom stereocenters. The van der Waals surface area contributed by atoms with E-state index in [4.69, 9.17) is 0 Å². The number of halogens is 1. The maximum Gasteiger partial charge on any atom is 0.259 e. The number of carbonyl (C=O) groups excluding carboxylic acids is 2. The Labute approximate surface area is 149 Å². The molecule has 0 saturated carbocycles. The minimum atomic E-state index is -0.222. The van der Waals surface area contributed by atoms with E-state index in [1.807, 2.05) is 49.4 Å². The molecule has 1 N–H and O–H groups in total. The van der Waals surface area contributed by atoms with Crippen LogP contribution >= 0.6 is 15.9 Å². The number of amides is 2. The van der Waals surface area contributed by atoms with Crippen molar-refractivity contribution in [3.63, 3.8) is 0 Å². The summed E-state index contributed by atoms with van der Waals surface area (Å²) in [4.78, 5) is 26.2. The third kappa shape index (κ3) is 2.99. The van der Waals surface area contributed by atoms with E-state index in [1.165, 1.54) is 4.90 Å². The van der Waals surface area contributed by atoms with Crippen molar-refractivity contribution < 1.29 is 9.59 Å². The highest BCUT2D eigenvalue weighted by molar-refractivity contribution is 9.10. The van der Waals surface area contributed by atoms with Gasteiger partial charge in [0.2, 0.25) is 5.91 Å². The first-order valence-corrected chi connectivity index (χ1v) is 8.42. The molecule has 0 saturated heterocycles. The fourth-order valence-electron chi connectivity index (χ4n) is 2.84. The van der Waals surface area contributed by atoms with Crippen LogP contribution in [-0.2, 0) is 4.79 Å². The first kappa shape index (κ1) is 16.5. The van der Waals surface area contributed by atoms with Gasteiger partial charge in [-0.15, -0.1) is 0 Å². The highest BCUT2D eigenvalue weighted by Crippen LogP contribution is 2.31. The number of benzene rings is 2. The van der Waals surface area contributed by atoms with Gasteiger partial charge in [0.25, 0.3) is 5.91 Å². The van der Waals surface area contributed by atoms with Crippen LogP contribution in [0.15, 0.2) is 59.6 Å². The molecule has 4 nitrogen and oxygen atoms in total. The Morgan fingerprint density at radius 2 is 1.79 bits per heavy atom. The highest BCUT2D eigenvalue weighted by atomic mass is 79.9. The van der Waals surface area contributed by atoms with Crippen LogP contribution in [-0.4, -0.2) is 23.3 Å². The van der Waals surface area contributed by atoms with Gasteiger partial charge in [-0.25, -0.2) is 0 Å². The van der Waals surface area contributed by atoms with Crippen molar-refractivity contribution in [1.82, 2.24) is 10.2 Å². The van der Waals surface area contributed by atoms with Gasteiger partial charge in [-0.3, -0.25) is 14.5 Å². The molecule has 1 aliphatic heterocycles. The fourth-order valence-corrected chi connectivity index (χ4v) is 3.46. The predicted molar refractivity (Wildman–Crippen MR) is 97.2 cm³/mol. The second kappa shape index (κ2) is 6.61. The van der Waals surface area contributed by atoms with Crippen molar-refractivity contribution in [2.75, 3.05) is 6.54 Å². The summed E-state index contributed by atoms with van der Waals surface area (Å²) in [7, 11) is 0. The first-order valence-electron chi connectivity index (χ1n) is 7.63. The monoisotopic (exact) mass is 384 g/mol. The Morgan fingerprint density at radius 1 is 1.17 bits per heavy atom. The van der Waals surface area contributed by atoms with Crippen molar-refractivity contribution >= 4 is 33.4 Å². The molecule has 2 amide bonds. The average molecular weight is 385 g/mol. The van der Waals surface area contributed by atoms with Gasteiger partial charge in [-0.1, -0.05) is 58.9 Å². The van der Waals surface area contributed by atoms with E-state index >= 15 is 0 Å². The number of carbonyl (C=O) groups is 2. The SMILES string of the molecule is C=C1c2ccccc2C(=O)N1CC(=O)NC(C)c1ccccc1Br. The van der Waals surface area contributed by atoms with Crippen LogP contribution in [0.5, 0.6) is 0 Å². The van der Waals surface area contributed by atoms with E-state index < -0.39 is 0 Å². The van der Waals surface area contributed by atoms with E-state index in [9.17, 15) is 9.59 Å². The van der Waals surface area contributed by atoms with E-state index in [0.29, 0.717) is 11.3 Å². The zero-order chi connectivity index (χ0) is 17.3. The molecular weight excluding hydrogens is 368 g/mol. The molecule has 122 valence electrons. The molecule has 0 aliphatic carbocycles. The minimum absolute atomic E-state index is 0.0405. The minimum Gasteiger partial charge on any atom is -0.348 e. The van der Waals surface area contributed by atoms with E-state index in [1.54, 1.807) is 6.07 Å². The molecule has 0 bridgehead atoms. The van der Waals surface area contributed by atoms with Crippen LogP contribution in [0.2, 0.25) is 0 Å². The van der Waals surface area contributed by atoms with Crippen LogP contribution in [0.1, 0.15) is 34.5 Å². The molecule has 1 aliphatic rings. The smallest absolute Gasteiger partial charge is 0.259 e. The lowest BCUT2D eigenvalue weighted by molar-refractivity contribution is -0.121. The number of nitrogens with one attached hydrogen (secondary N) is 1. The summed E-state index contributed by atoms with van der Waals surface area (Å²) < 4.78 is 0.937. The van der Waals surface area contributed by atoms with Crippen LogP contribution in [0.3, 0.4) is 0 Å². The number of rotatable bonds is 4. The summed E-state index contributed by atoms with van der Waals surface area (Å²) in [6.07, 6.45) is 0. The molecule has 0 aromatic heterocycles. The zero-order valence-corrected chi connectivity index (χ0v) is 14.8. The fraction of sp³-hybridized carbons (Fsp3) is 0.158. The molecule has 0 fully saturated rings. The quantitative estimate of drug-likeness (QED) is 0.872. The molecule has 2 aromatic carbocycles. The predicted octanol–water partition coefficient (Wildman–Crippen LogP) is 3.75. The molecule has 2 aromatic rings. The molecule has 0 radical (unpaired) electrons. The number of nitrogens with zero attached hydrogens (tertiary/aromatic N) is 1. The zero-order valence-electron chi connectivity index (χ0n) is 13.3. The summed E-state index contributed by atoms with van der Waals surface area (Å²) in [5.41, 5.74) is 2.93. The Kier molecular flexibility index (Phi) is 4.53. The second-order valence-corrected chi connectivity index (χ2v) is 6.55. The van der Waals surface area contributed by atoms with Crippen molar-refractivity contribution in [2.45, 2.75) is 13.0 Å². The number of fused-ring (bicyclic) bond motifs is 1. The Bertz CT molecular complexity index is 797. The van der Waals surface area contributed by atoms with Crippen molar-refractivity contribution in [3.05, 3.63) is 76.3 Å². The van der Waals surface area contributed by atoms with E-state index in [0.717, 1.165) is 15.6 Å². The summed E-state index contributed by atoms with van der Waals surface area (Å²) in [5, 5.41) is 2.93. The van der Waals surface area contributed by atoms with Crippen molar-refractivity contribution in [3.8, 4) is 0 Å². The molecule has 3 rings (SSSR count). The standard InChI is InChI=1S/C19H17BrN2O2/c1-12(14-7-5-6-10-17(14)20)21-18(23)11-22-13(2)15-8-3-4-9-16(15)19(22)24/h3-10,12H,2,11H2,1H3,(H,21,23). The summed E-state index contributed by atoms with van der Waals surface area (Å²) >= 11 is 3.48. The second-order valence-electron chi connectivity index (χ2n) is 5.69. The Balaban J connectivity index is 1.69. The van der Waals surface area contributed by atoms with Crippen LogP contribution in [0.25, 0.3) is 5.70 Å². The van der Waals surface area contributed by atoms with Gasteiger partial charge in [0, 0.05) is 21.3 Å². The molecule has 0 spiro atoms. The van der Waals surface area contributed by atoms with Crippen LogP contribution < -0.4 is 5.32 Å². The van der Waals surface area contributed by atoms with Gasteiger partial charge in [-0.05, 0) is 24.6 Å². The van der Waals surface area contributed by atoms with Crippen molar-refractivity contribution in [2.24, 2.45) is 0 Å². The van der Waals surface area contributed by atoms with Crippen molar-refractivity contribution in [1.29, 1.82) is 0 Å². The van der Waals surface area contributed by atoms with Crippen LogP contribution in [0.4, 0.5) is 0 Å². The Morgan fingerprint density at radius 3 is 2.46 bits per heavy atom. The number of hydrogen-bond donors (Lipinski definition) is 1. The average Bonchev–Trinajstić information content (AvgIpc) is 2.80. The Hall–Kier alpha value is -2.40. The summed E-state index contributed by atoms with van der Waals surface area (Å²) in [6.45, 7) is 5.82. The van der Waals surface area contributed by atoms with Gasteiger partial charge >= 0.3 is 0 Å². The maximum atomic E-state index is 12.4. The van der Waals surface area contributed by atoms with Gasteiger partial charge in [0.05, 0.1) is 6.04 Å². The highest BCUT2D eigenvalue weighted by Gasteiger charge is 2.32. The molecule has 24 heavy (non-hydrogen) atoms. The normalized spacial score (nSPS) is 14.5. The van der Waals surface area contributed by atoms with E-state index in [-0.39, 0.29) is 24.4 Å². The topological polar surface area (TPSA) is 49.4 Å².